The lowest BCUT2D eigenvalue weighted by Crippen LogP contribution is -2.20. The summed E-state index contributed by atoms with van der Waals surface area (Å²) in [6.07, 6.45) is -1.95. The molecule has 0 unspecified atom stereocenters. The van der Waals surface area contributed by atoms with Gasteiger partial charge in [0.15, 0.2) is 0 Å². The van der Waals surface area contributed by atoms with Crippen molar-refractivity contribution in [3.8, 4) is 0 Å². The molecule has 2 N–H and O–H groups in total. The molecule has 1 aromatic heterocycles. The van der Waals surface area contributed by atoms with E-state index in [1.165, 1.54) is 12.3 Å². The molecule has 0 aliphatic carbocycles. The summed E-state index contributed by atoms with van der Waals surface area (Å²) in [6.45, 7) is 2.32. The van der Waals surface area contributed by atoms with E-state index in [-0.39, 0.29) is 24.8 Å². The summed E-state index contributed by atoms with van der Waals surface area (Å²) in [5, 5.41) is 7.09. The number of nitrogens with one attached hydrogen (secondary N) is 2. The number of fused-ring (bicyclic) bond motifs is 1. The highest BCUT2D eigenvalue weighted by molar-refractivity contribution is 6.18. The highest BCUT2D eigenvalue weighted by atomic mass is 35.5. The second-order valence-corrected chi connectivity index (χ2v) is 5.19. The van der Waals surface area contributed by atoms with Gasteiger partial charge in [0, 0.05) is 36.2 Å². The van der Waals surface area contributed by atoms with Gasteiger partial charge in [-0.3, -0.25) is 4.98 Å². The minimum absolute atomic E-state index is 0. The zero-order chi connectivity index (χ0) is 16.0. The Labute approximate surface area is 156 Å². The van der Waals surface area contributed by atoms with Gasteiger partial charge in [-0.2, -0.15) is 13.2 Å². The Bertz CT molecular complexity index is 624. The summed E-state index contributed by atoms with van der Waals surface area (Å²) in [6, 6.07) is 5.38. The molecule has 2 aromatic rings. The fourth-order valence-electron chi connectivity index (χ4n) is 2.11. The van der Waals surface area contributed by atoms with Crippen molar-refractivity contribution < 1.29 is 13.2 Å². The Balaban J connectivity index is 0.00000264. The van der Waals surface area contributed by atoms with Gasteiger partial charge in [-0.1, -0.05) is 6.07 Å². The lowest BCUT2D eigenvalue weighted by Gasteiger charge is -2.11. The molecule has 0 amide bonds. The van der Waals surface area contributed by atoms with E-state index in [9.17, 15) is 13.2 Å². The Morgan fingerprint density at radius 2 is 1.79 bits per heavy atom. The molecule has 0 saturated heterocycles. The first-order valence-corrected chi connectivity index (χ1v) is 7.52. The number of aromatic nitrogens is 1. The fraction of sp³-hybridized carbons (Fsp3) is 0.400. The molecule has 0 radical (unpaired) electrons. The Hall–Kier alpha value is -0.950. The van der Waals surface area contributed by atoms with Crippen LogP contribution in [0.25, 0.3) is 10.9 Å². The molecule has 0 aliphatic rings. The summed E-state index contributed by atoms with van der Waals surface area (Å²) in [5.74, 6) is 0.573. The first-order chi connectivity index (χ1) is 10.5. The molecule has 1 aromatic carbocycles. The van der Waals surface area contributed by atoms with Crippen LogP contribution >= 0.6 is 36.4 Å². The minimum Gasteiger partial charge on any atom is -0.384 e. The van der Waals surface area contributed by atoms with Crippen LogP contribution in [0, 0.1) is 0 Å². The molecule has 136 valence electrons. The van der Waals surface area contributed by atoms with Crippen molar-refractivity contribution in [3.05, 3.63) is 36.0 Å². The number of alkyl halides is 4. The molecule has 24 heavy (non-hydrogen) atoms. The van der Waals surface area contributed by atoms with Crippen LogP contribution in [0.3, 0.4) is 0 Å². The van der Waals surface area contributed by atoms with Crippen LogP contribution in [0.1, 0.15) is 12.0 Å². The van der Waals surface area contributed by atoms with Crippen LogP contribution in [-0.4, -0.2) is 30.5 Å². The SMILES string of the molecule is Cl.Cl.FC(F)(F)c1ccc2c(NCCCNCCCl)ccnc2c1. The fourth-order valence-corrected chi connectivity index (χ4v) is 2.24. The van der Waals surface area contributed by atoms with E-state index >= 15 is 0 Å². The van der Waals surface area contributed by atoms with Crippen molar-refractivity contribution in [1.82, 2.24) is 10.3 Å². The maximum atomic E-state index is 12.7. The molecule has 2 rings (SSSR count). The molecule has 0 fully saturated rings. The third-order valence-electron chi connectivity index (χ3n) is 3.19. The number of benzene rings is 1. The Morgan fingerprint density at radius 3 is 2.46 bits per heavy atom. The Morgan fingerprint density at radius 1 is 1.04 bits per heavy atom. The first kappa shape index (κ1) is 23.1. The van der Waals surface area contributed by atoms with Gasteiger partial charge in [-0.05, 0) is 31.2 Å². The maximum absolute atomic E-state index is 12.7. The standard InChI is InChI=1S/C15H17ClF3N3.2ClH/c16-5-9-20-6-1-7-21-13-4-8-22-14-10-11(15(17,18)19)2-3-12(13)14;;/h2-4,8,10,20H,1,5-7,9H2,(H,21,22);2*1H. The number of nitrogens with zero attached hydrogens (tertiary/aromatic N) is 1. The van der Waals surface area contributed by atoms with Gasteiger partial charge in [-0.25, -0.2) is 0 Å². The normalized spacial score (nSPS) is 10.8. The van der Waals surface area contributed by atoms with Gasteiger partial charge in [-0.15, -0.1) is 36.4 Å². The summed E-state index contributed by atoms with van der Waals surface area (Å²) in [4.78, 5) is 4.02. The van der Waals surface area contributed by atoms with Crippen molar-refractivity contribution in [1.29, 1.82) is 0 Å². The summed E-state index contributed by atoms with van der Waals surface area (Å²) in [7, 11) is 0. The average molecular weight is 405 g/mol. The van der Waals surface area contributed by atoms with Crippen molar-refractivity contribution in [2.24, 2.45) is 0 Å². The van der Waals surface area contributed by atoms with Crippen molar-refractivity contribution in [2.75, 3.05) is 30.8 Å². The van der Waals surface area contributed by atoms with Gasteiger partial charge in [0.05, 0.1) is 11.1 Å². The molecule has 1 heterocycles. The van der Waals surface area contributed by atoms with Crippen molar-refractivity contribution in [2.45, 2.75) is 12.6 Å². The van der Waals surface area contributed by atoms with E-state index in [1.807, 2.05) is 0 Å². The van der Waals surface area contributed by atoms with Crippen LogP contribution in [0.4, 0.5) is 18.9 Å². The lowest BCUT2D eigenvalue weighted by molar-refractivity contribution is -0.137. The molecule has 0 spiro atoms. The molecular weight excluding hydrogens is 386 g/mol. The average Bonchev–Trinajstić information content (AvgIpc) is 2.49. The smallest absolute Gasteiger partial charge is 0.384 e. The number of rotatable bonds is 7. The van der Waals surface area contributed by atoms with E-state index < -0.39 is 11.7 Å². The van der Waals surface area contributed by atoms with E-state index in [2.05, 4.69) is 15.6 Å². The minimum atomic E-state index is -4.35. The van der Waals surface area contributed by atoms with Crippen molar-refractivity contribution >= 4 is 53.0 Å². The molecule has 0 atom stereocenters. The quantitative estimate of drug-likeness (QED) is 0.517. The van der Waals surface area contributed by atoms with Crippen LogP contribution < -0.4 is 10.6 Å². The van der Waals surface area contributed by atoms with E-state index in [0.717, 1.165) is 43.9 Å². The second kappa shape index (κ2) is 10.8. The maximum Gasteiger partial charge on any atom is 0.416 e. The summed E-state index contributed by atoms with van der Waals surface area (Å²) in [5.41, 5.74) is 0.436. The summed E-state index contributed by atoms with van der Waals surface area (Å²) >= 11 is 5.56. The molecular formula is C15H19Cl3F3N3. The predicted molar refractivity (Wildman–Crippen MR) is 97.9 cm³/mol. The van der Waals surface area contributed by atoms with Gasteiger partial charge < -0.3 is 10.6 Å². The zero-order valence-corrected chi connectivity index (χ0v) is 15.1. The van der Waals surface area contributed by atoms with Gasteiger partial charge in [0.1, 0.15) is 0 Å². The van der Waals surface area contributed by atoms with Gasteiger partial charge in [0.2, 0.25) is 0 Å². The number of halogens is 6. The highest BCUT2D eigenvalue weighted by Crippen LogP contribution is 2.32. The topological polar surface area (TPSA) is 37.0 Å². The number of hydrogen-bond donors (Lipinski definition) is 2. The van der Waals surface area contributed by atoms with Gasteiger partial charge in [0.25, 0.3) is 0 Å². The highest BCUT2D eigenvalue weighted by Gasteiger charge is 2.30. The van der Waals surface area contributed by atoms with Crippen molar-refractivity contribution in [3.63, 3.8) is 0 Å². The zero-order valence-electron chi connectivity index (χ0n) is 12.7. The Kier molecular flexibility index (Phi) is 10.4. The lowest BCUT2D eigenvalue weighted by atomic mass is 10.1. The largest absolute Gasteiger partial charge is 0.416 e. The monoisotopic (exact) mass is 403 g/mol. The van der Waals surface area contributed by atoms with E-state index in [1.54, 1.807) is 6.07 Å². The molecule has 0 saturated carbocycles. The van der Waals surface area contributed by atoms with E-state index in [4.69, 9.17) is 11.6 Å². The number of hydrogen-bond acceptors (Lipinski definition) is 3. The first-order valence-electron chi connectivity index (χ1n) is 6.99. The second-order valence-electron chi connectivity index (χ2n) is 4.81. The van der Waals surface area contributed by atoms with Gasteiger partial charge >= 0.3 is 6.18 Å². The molecule has 0 aliphatic heterocycles. The molecule has 0 bridgehead atoms. The van der Waals surface area contributed by atoms with Crippen LogP contribution in [0.15, 0.2) is 30.5 Å². The number of pyridine rings is 1. The van der Waals surface area contributed by atoms with Crippen LogP contribution in [0.5, 0.6) is 0 Å². The molecule has 9 heteroatoms. The third kappa shape index (κ3) is 6.51. The van der Waals surface area contributed by atoms with E-state index in [0.29, 0.717) is 16.8 Å². The number of anilines is 1. The van der Waals surface area contributed by atoms with Crippen LogP contribution in [-0.2, 0) is 6.18 Å². The van der Waals surface area contributed by atoms with Crippen LogP contribution in [0.2, 0.25) is 0 Å². The predicted octanol–water partition coefficient (Wildman–Crippen LogP) is 4.73. The third-order valence-corrected chi connectivity index (χ3v) is 3.38. The molecule has 3 nitrogen and oxygen atoms in total. The summed E-state index contributed by atoms with van der Waals surface area (Å²) < 4.78 is 38.1.